The summed E-state index contributed by atoms with van der Waals surface area (Å²) in [6.07, 6.45) is 2.55. The number of carbonyl (C=O) groups is 1. The van der Waals surface area contributed by atoms with E-state index in [9.17, 15) is 13.2 Å². The summed E-state index contributed by atoms with van der Waals surface area (Å²) in [5.74, 6) is 0.464. The molecule has 2 aliphatic heterocycles. The Bertz CT molecular complexity index is 711. The van der Waals surface area contributed by atoms with Gasteiger partial charge in [-0.15, -0.1) is 12.4 Å². The van der Waals surface area contributed by atoms with Gasteiger partial charge in [0.2, 0.25) is 15.9 Å². The van der Waals surface area contributed by atoms with Crippen LogP contribution in [0.1, 0.15) is 30.7 Å². The maximum absolute atomic E-state index is 12.9. The van der Waals surface area contributed by atoms with Gasteiger partial charge in [0, 0.05) is 32.7 Å². The van der Waals surface area contributed by atoms with Crippen LogP contribution in [0, 0.1) is 19.8 Å². The van der Waals surface area contributed by atoms with Gasteiger partial charge in [-0.05, 0) is 39.7 Å². The zero-order valence-corrected chi connectivity index (χ0v) is 16.9. The molecule has 2 aliphatic rings. The molecule has 10 heteroatoms. The number of aryl methyl sites for hydroxylation is 2. The Morgan fingerprint density at radius 2 is 1.96 bits per heavy atom. The largest absolute Gasteiger partial charge is 0.360 e. The van der Waals surface area contributed by atoms with Crippen LogP contribution < -0.4 is 5.32 Å². The Morgan fingerprint density at radius 3 is 2.58 bits per heavy atom. The van der Waals surface area contributed by atoms with Crippen LogP contribution in [0.25, 0.3) is 0 Å². The predicted octanol–water partition coefficient (Wildman–Crippen LogP) is 0.936. The second-order valence-electron chi connectivity index (χ2n) is 6.78. The van der Waals surface area contributed by atoms with Crippen LogP contribution in [0.2, 0.25) is 0 Å². The minimum absolute atomic E-state index is 0. The number of aromatic nitrogens is 1. The molecule has 0 aromatic carbocycles. The summed E-state index contributed by atoms with van der Waals surface area (Å²) in [6, 6.07) is 0. The van der Waals surface area contributed by atoms with E-state index < -0.39 is 10.0 Å². The summed E-state index contributed by atoms with van der Waals surface area (Å²) < 4.78 is 32.3. The molecule has 2 fully saturated rings. The van der Waals surface area contributed by atoms with E-state index in [1.807, 2.05) is 4.90 Å². The van der Waals surface area contributed by atoms with E-state index in [1.165, 1.54) is 4.31 Å². The molecule has 2 saturated heterocycles. The van der Waals surface area contributed by atoms with Crippen LogP contribution in [0.15, 0.2) is 9.42 Å². The van der Waals surface area contributed by atoms with Crippen molar-refractivity contribution < 1.29 is 17.7 Å². The summed E-state index contributed by atoms with van der Waals surface area (Å²) in [7, 11) is -3.65. The third-order valence-electron chi connectivity index (χ3n) is 4.98. The molecule has 0 aliphatic carbocycles. The number of piperidine rings is 1. The number of hydrogen-bond donors (Lipinski definition) is 1. The van der Waals surface area contributed by atoms with Gasteiger partial charge in [0.05, 0.1) is 5.92 Å². The van der Waals surface area contributed by atoms with Crippen LogP contribution in [0.5, 0.6) is 0 Å². The molecule has 1 aromatic rings. The first kappa shape index (κ1) is 21.1. The first-order valence-corrected chi connectivity index (χ1v) is 10.3. The Morgan fingerprint density at radius 1 is 1.19 bits per heavy atom. The first-order chi connectivity index (χ1) is 11.9. The van der Waals surface area contributed by atoms with Crippen LogP contribution in [-0.4, -0.2) is 68.0 Å². The van der Waals surface area contributed by atoms with Gasteiger partial charge in [-0.3, -0.25) is 4.79 Å². The molecule has 8 nitrogen and oxygen atoms in total. The molecule has 1 aromatic heterocycles. The lowest BCUT2D eigenvalue weighted by Crippen LogP contribution is -2.44. The third kappa shape index (κ3) is 4.21. The lowest BCUT2D eigenvalue weighted by molar-refractivity contribution is -0.135. The fraction of sp³-hybridized carbons (Fsp3) is 0.750. The van der Waals surface area contributed by atoms with E-state index in [-0.39, 0.29) is 29.1 Å². The molecule has 1 unspecified atom stereocenters. The monoisotopic (exact) mass is 406 g/mol. The molecule has 1 N–H and O–H groups in total. The van der Waals surface area contributed by atoms with E-state index >= 15 is 0 Å². The number of nitrogens with one attached hydrogen (secondary N) is 1. The van der Waals surface area contributed by atoms with Gasteiger partial charge in [-0.25, -0.2) is 8.42 Å². The quantitative estimate of drug-likeness (QED) is 0.802. The number of carbonyl (C=O) groups excluding carboxylic acids is 1. The summed E-state index contributed by atoms with van der Waals surface area (Å²) in [4.78, 5) is 14.7. The van der Waals surface area contributed by atoms with Crippen molar-refractivity contribution in [1.82, 2.24) is 19.7 Å². The molecule has 0 spiro atoms. The topological polar surface area (TPSA) is 95.8 Å². The number of rotatable bonds is 3. The van der Waals surface area contributed by atoms with Crippen LogP contribution in [-0.2, 0) is 14.8 Å². The molecular weight excluding hydrogens is 380 g/mol. The Labute approximate surface area is 160 Å². The standard InChI is InChI=1S/C16H26N4O4S.ClH/c1-12-15(13(2)24-18-12)25(22,23)20-8-4-7-19(9-10-20)16(21)14-5-3-6-17-11-14;/h14,17H,3-11H2,1-2H3;1H. The van der Waals surface area contributed by atoms with E-state index in [0.29, 0.717) is 44.1 Å². The maximum Gasteiger partial charge on any atom is 0.248 e. The van der Waals surface area contributed by atoms with Gasteiger partial charge in [0.15, 0.2) is 5.76 Å². The van der Waals surface area contributed by atoms with Crippen LogP contribution in [0.4, 0.5) is 0 Å². The second kappa shape index (κ2) is 8.69. The van der Waals surface area contributed by atoms with Crippen molar-refractivity contribution in [2.75, 3.05) is 39.3 Å². The van der Waals surface area contributed by atoms with E-state index in [4.69, 9.17) is 4.52 Å². The van der Waals surface area contributed by atoms with E-state index in [2.05, 4.69) is 10.5 Å². The third-order valence-corrected chi connectivity index (χ3v) is 7.12. The Kier molecular flexibility index (Phi) is 7.06. The molecule has 26 heavy (non-hydrogen) atoms. The zero-order chi connectivity index (χ0) is 18.0. The minimum atomic E-state index is -3.65. The van der Waals surface area contributed by atoms with Gasteiger partial charge < -0.3 is 14.7 Å². The molecule has 0 radical (unpaired) electrons. The van der Waals surface area contributed by atoms with Crippen LogP contribution >= 0.6 is 12.4 Å². The van der Waals surface area contributed by atoms with Crippen molar-refractivity contribution in [1.29, 1.82) is 0 Å². The van der Waals surface area contributed by atoms with Crippen molar-refractivity contribution in [3.05, 3.63) is 11.5 Å². The van der Waals surface area contributed by atoms with E-state index in [0.717, 1.165) is 25.9 Å². The highest BCUT2D eigenvalue weighted by atomic mass is 35.5. The van der Waals surface area contributed by atoms with Crippen molar-refractivity contribution in [3.8, 4) is 0 Å². The minimum Gasteiger partial charge on any atom is -0.360 e. The highest BCUT2D eigenvalue weighted by molar-refractivity contribution is 7.89. The molecule has 1 atom stereocenters. The number of amides is 1. The predicted molar refractivity (Wildman–Crippen MR) is 98.8 cm³/mol. The van der Waals surface area contributed by atoms with Gasteiger partial charge in [-0.1, -0.05) is 5.16 Å². The smallest absolute Gasteiger partial charge is 0.248 e. The van der Waals surface area contributed by atoms with Crippen LogP contribution in [0.3, 0.4) is 0 Å². The normalized spacial score (nSPS) is 22.5. The van der Waals surface area contributed by atoms with Crippen molar-refractivity contribution >= 4 is 28.3 Å². The molecule has 1 amide bonds. The number of hydrogen-bond acceptors (Lipinski definition) is 6. The van der Waals surface area contributed by atoms with E-state index in [1.54, 1.807) is 13.8 Å². The molecular formula is C16H27ClN4O4S. The Balaban J connectivity index is 0.00000243. The van der Waals surface area contributed by atoms with Gasteiger partial charge in [0.1, 0.15) is 10.6 Å². The van der Waals surface area contributed by atoms with Crippen molar-refractivity contribution in [2.24, 2.45) is 5.92 Å². The van der Waals surface area contributed by atoms with Crippen molar-refractivity contribution in [2.45, 2.75) is 38.0 Å². The number of halogens is 1. The summed E-state index contributed by atoms with van der Waals surface area (Å²) in [5.41, 5.74) is 0.378. The summed E-state index contributed by atoms with van der Waals surface area (Å²) >= 11 is 0. The van der Waals surface area contributed by atoms with Crippen molar-refractivity contribution in [3.63, 3.8) is 0 Å². The lowest BCUT2D eigenvalue weighted by Gasteiger charge is -2.28. The highest BCUT2D eigenvalue weighted by Gasteiger charge is 2.34. The molecule has 3 rings (SSSR count). The van der Waals surface area contributed by atoms with Gasteiger partial charge in [-0.2, -0.15) is 4.31 Å². The molecule has 0 bridgehead atoms. The summed E-state index contributed by atoms with van der Waals surface area (Å²) in [5, 5.41) is 7.02. The first-order valence-electron chi connectivity index (χ1n) is 8.84. The number of sulfonamides is 1. The molecule has 0 saturated carbocycles. The maximum atomic E-state index is 12.9. The van der Waals surface area contributed by atoms with Gasteiger partial charge >= 0.3 is 0 Å². The average Bonchev–Trinajstić information content (AvgIpc) is 2.81. The summed E-state index contributed by atoms with van der Waals surface area (Å²) in [6.45, 7) is 6.66. The zero-order valence-electron chi connectivity index (χ0n) is 15.2. The molecule has 148 valence electrons. The fourth-order valence-electron chi connectivity index (χ4n) is 3.65. The fourth-order valence-corrected chi connectivity index (χ4v) is 5.41. The Hall–Kier alpha value is -1.16. The van der Waals surface area contributed by atoms with Gasteiger partial charge in [0.25, 0.3) is 0 Å². The number of nitrogens with zero attached hydrogens (tertiary/aromatic N) is 3. The SMILES string of the molecule is Cc1noc(C)c1S(=O)(=O)N1CCCN(C(=O)C2CCCNC2)CC1.Cl. The second-order valence-corrected chi connectivity index (χ2v) is 8.65. The highest BCUT2D eigenvalue weighted by Crippen LogP contribution is 2.24. The average molecular weight is 407 g/mol. The lowest BCUT2D eigenvalue weighted by atomic mass is 9.98. The molecule has 3 heterocycles.